The van der Waals surface area contributed by atoms with Crippen molar-refractivity contribution in [2.45, 2.75) is 24.3 Å². The first-order valence-electron chi connectivity index (χ1n) is 7.44. The number of amides is 2. The molecule has 1 aromatic carbocycles. The van der Waals surface area contributed by atoms with E-state index in [4.69, 9.17) is 0 Å². The third kappa shape index (κ3) is 4.01. The summed E-state index contributed by atoms with van der Waals surface area (Å²) in [4.78, 5) is 27.2. The normalized spacial score (nSPS) is 19.3. The van der Waals surface area contributed by atoms with Gasteiger partial charge in [0.2, 0.25) is 11.8 Å². The van der Waals surface area contributed by atoms with Crippen molar-refractivity contribution < 1.29 is 9.59 Å². The van der Waals surface area contributed by atoms with Gasteiger partial charge < -0.3 is 15.5 Å². The van der Waals surface area contributed by atoms with Crippen molar-refractivity contribution in [1.82, 2.24) is 10.6 Å². The van der Waals surface area contributed by atoms with Crippen LogP contribution in [0.1, 0.15) is 13.3 Å². The number of hydrogen-bond acceptors (Lipinski definition) is 4. The number of likely N-dealkylation sites (N-methyl/N-ethyl adjacent to an activating group) is 1. The highest BCUT2D eigenvalue weighted by molar-refractivity contribution is 7.98. The Kier molecular flexibility index (Phi) is 5.85. The number of nitrogens with zero attached hydrogens (tertiary/aromatic N) is 1. The molecule has 1 fully saturated rings. The smallest absolute Gasteiger partial charge is 0.227 e. The van der Waals surface area contributed by atoms with Gasteiger partial charge in [0.1, 0.15) is 0 Å². The predicted octanol–water partition coefficient (Wildman–Crippen LogP) is 1.49. The topological polar surface area (TPSA) is 61.4 Å². The van der Waals surface area contributed by atoms with Gasteiger partial charge in [-0.1, -0.05) is 6.07 Å². The Bertz CT molecular complexity index is 550. The quantitative estimate of drug-likeness (QED) is 0.779. The zero-order valence-electron chi connectivity index (χ0n) is 13.3. The maximum atomic E-state index is 12.2. The lowest BCUT2D eigenvalue weighted by Crippen LogP contribution is -2.40. The van der Waals surface area contributed by atoms with Crippen LogP contribution in [0.15, 0.2) is 29.2 Å². The van der Waals surface area contributed by atoms with Crippen LogP contribution in [0.5, 0.6) is 0 Å². The molecule has 2 unspecified atom stereocenters. The first-order valence-corrected chi connectivity index (χ1v) is 8.67. The average molecular weight is 321 g/mol. The molecule has 0 saturated carbocycles. The van der Waals surface area contributed by atoms with E-state index in [2.05, 4.69) is 10.6 Å². The minimum atomic E-state index is -0.269. The summed E-state index contributed by atoms with van der Waals surface area (Å²) in [6.45, 7) is 3.03. The van der Waals surface area contributed by atoms with Crippen molar-refractivity contribution in [1.29, 1.82) is 0 Å². The molecule has 0 bridgehead atoms. The van der Waals surface area contributed by atoms with Gasteiger partial charge in [0.25, 0.3) is 0 Å². The molecule has 6 heteroatoms. The number of rotatable bonds is 6. The molecule has 1 aliphatic rings. The number of carbonyl (C=O) groups excluding carboxylic acids is 2. The number of nitrogens with one attached hydrogen (secondary N) is 2. The van der Waals surface area contributed by atoms with Crippen molar-refractivity contribution >= 4 is 29.3 Å². The second kappa shape index (κ2) is 7.65. The molecule has 22 heavy (non-hydrogen) atoms. The number of thioether (sulfide) groups is 1. The maximum absolute atomic E-state index is 12.2. The third-order valence-electron chi connectivity index (χ3n) is 3.94. The summed E-state index contributed by atoms with van der Waals surface area (Å²) in [5, 5.41) is 5.98. The summed E-state index contributed by atoms with van der Waals surface area (Å²) >= 11 is 1.64. The molecule has 2 atom stereocenters. The van der Waals surface area contributed by atoms with E-state index in [0.717, 1.165) is 10.6 Å². The van der Waals surface area contributed by atoms with Gasteiger partial charge in [-0.2, -0.15) is 0 Å². The second-order valence-electron chi connectivity index (χ2n) is 5.54. The van der Waals surface area contributed by atoms with Crippen molar-refractivity contribution in [3.63, 3.8) is 0 Å². The largest absolute Gasteiger partial charge is 0.354 e. The molecule has 2 rings (SSSR count). The minimum Gasteiger partial charge on any atom is -0.354 e. The van der Waals surface area contributed by atoms with Gasteiger partial charge in [-0.15, -0.1) is 11.8 Å². The Labute approximate surface area is 135 Å². The van der Waals surface area contributed by atoms with Gasteiger partial charge in [-0.3, -0.25) is 9.59 Å². The molecule has 1 aliphatic heterocycles. The van der Waals surface area contributed by atoms with Gasteiger partial charge in [0, 0.05) is 36.1 Å². The molecule has 1 heterocycles. The molecule has 0 spiro atoms. The van der Waals surface area contributed by atoms with Crippen LogP contribution in [0.2, 0.25) is 0 Å². The molecular formula is C16H23N3O2S. The van der Waals surface area contributed by atoms with Crippen LogP contribution >= 0.6 is 11.8 Å². The van der Waals surface area contributed by atoms with Crippen LogP contribution in [-0.2, 0) is 9.59 Å². The fraction of sp³-hybridized carbons (Fsp3) is 0.500. The lowest BCUT2D eigenvalue weighted by atomic mass is 10.1. The molecule has 0 aliphatic carbocycles. The van der Waals surface area contributed by atoms with E-state index in [-0.39, 0.29) is 30.2 Å². The molecule has 1 aromatic rings. The van der Waals surface area contributed by atoms with Crippen molar-refractivity contribution in [3.8, 4) is 0 Å². The van der Waals surface area contributed by atoms with E-state index in [1.165, 1.54) is 0 Å². The van der Waals surface area contributed by atoms with Gasteiger partial charge in [-0.05, 0) is 38.4 Å². The molecule has 2 N–H and O–H groups in total. The fourth-order valence-electron chi connectivity index (χ4n) is 2.41. The first-order chi connectivity index (χ1) is 10.5. The fourth-order valence-corrected chi connectivity index (χ4v) is 2.86. The van der Waals surface area contributed by atoms with Crippen LogP contribution < -0.4 is 15.5 Å². The Morgan fingerprint density at radius 2 is 2.27 bits per heavy atom. The predicted molar refractivity (Wildman–Crippen MR) is 90.2 cm³/mol. The zero-order chi connectivity index (χ0) is 16.1. The summed E-state index contributed by atoms with van der Waals surface area (Å²) in [6.07, 6.45) is 2.29. The summed E-state index contributed by atoms with van der Waals surface area (Å²) in [5.74, 6) is -0.298. The van der Waals surface area contributed by atoms with E-state index in [0.29, 0.717) is 13.1 Å². The van der Waals surface area contributed by atoms with E-state index in [1.807, 2.05) is 44.5 Å². The highest BCUT2D eigenvalue weighted by Crippen LogP contribution is 2.28. The number of hydrogen-bond donors (Lipinski definition) is 2. The maximum Gasteiger partial charge on any atom is 0.227 e. The second-order valence-corrected chi connectivity index (χ2v) is 6.42. The Morgan fingerprint density at radius 1 is 1.50 bits per heavy atom. The number of anilines is 1. The van der Waals surface area contributed by atoms with Crippen LogP contribution in [0, 0.1) is 5.92 Å². The van der Waals surface area contributed by atoms with Crippen molar-refractivity contribution in [3.05, 3.63) is 24.3 Å². The number of carbonyl (C=O) groups is 2. The van der Waals surface area contributed by atoms with Gasteiger partial charge >= 0.3 is 0 Å². The summed E-state index contributed by atoms with van der Waals surface area (Å²) in [5.41, 5.74) is 0.871. The monoisotopic (exact) mass is 321 g/mol. The first kappa shape index (κ1) is 16.8. The SMILES string of the molecule is CNC(C)CNC(=O)C1CC(=O)N(c2cccc(SC)c2)C1. The van der Waals surface area contributed by atoms with Crippen LogP contribution in [0.4, 0.5) is 5.69 Å². The lowest BCUT2D eigenvalue weighted by Gasteiger charge is -2.18. The molecule has 0 radical (unpaired) electrons. The molecule has 2 amide bonds. The van der Waals surface area contributed by atoms with E-state index in [9.17, 15) is 9.59 Å². The highest BCUT2D eigenvalue weighted by atomic mass is 32.2. The van der Waals surface area contributed by atoms with E-state index in [1.54, 1.807) is 16.7 Å². The van der Waals surface area contributed by atoms with Crippen LogP contribution in [0.3, 0.4) is 0 Å². The lowest BCUT2D eigenvalue weighted by molar-refractivity contribution is -0.126. The van der Waals surface area contributed by atoms with Crippen LogP contribution in [0.25, 0.3) is 0 Å². The summed E-state index contributed by atoms with van der Waals surface area (Å²) < 4.78 is 0. The van der Waals surface area contributed by atoms with Gasteiger partial charge in [-0.25, -0.2) is 0 Å². The van der Waals surface area contributed by atoms with Crippen LogP contribution in [-0.4, -0.2) is 44.2 Å². The molecule has 120 valence electrons. The molecule has 1 saturated heterocycles. The summed E-state index contributed by atoms with van der Waals surface area (Å²) in [6, 6.07) is 8.08. The Balaban J connectivity index is 1.99. The third-order valence-corrected chi connectivity index (χ3v) is 4.66. The highest BCUT2D eigenvalue weighted by Gasteiger charge is 2.35. The average Bonchev–Trinajstić information content (AvgIpc) is 2.94. The van der Waals surface area contributed by atoms with Crippen molar-refractivity contribution in [2.75, 3.05) is 31.3 Å². The Morgan fingerprint density at radius 3 is 2.95 bits per heavy atom. The van der Waals surface area contributed by atoms with E-state index < -0.39 is 0 Å². The Hall–Kier alpha value is -1.53. The van der Waals surface area contributed by atoms with Gasteiger partial charge in [0.05, 0.1) is 5.92 Å². The zero-order valence-corrected chi connectivity index (χ0v) is 14.1. The summed E-state index contributed by atoms with van der Waals surface area (Å²) in [7, 11) is 1.86. The number of benzene rings is 1. The standard InChI is InChI=1S/C16H23N3O2S/c1-11(17-2)9-18-16(21)12-7-15(20)19(10-12)13-5-4-6-14(8-13)22-3/h4-6,8,11-12,17H,7,9-10H2,1-3H3,(H,18,21). The van der Waals surface area contributed by atoms with Gasteiger partial charge in [0.15, 0.2) is 0 Å². The molecule has 5 nitrogen and oxygen atoms in total. The molecular weight excluding hydrogens is 298 g/mol. The van der Waals surface area contributed by atoms with Crippen molar-refractivity contribution in [2.24, 2.45) is 5.92 Å². The minimum absolute atomic E-state index is 0.0140. The molecule has 0 aromatic heterocycles. The van der Waals surface area contributed by atoms with E-state index >= 15 is 0 Å².